The van der Waals surface area contributed by atoms with E-state index in [1.807, 2.05) is 12.1 Å². The lowest BCUT2D eigenvalue weighted by Crippen LogP contribution is -2.20. The Labute approximate surface area is 119 Å². The maximum Gasteiger partial charge on any atom is 0.163 e. The second-order valence-electron chi connectivity index (χ2n) is 4.89. The minimum absolute atomic E-state index is 0.000275. The molecule has 0 amide bonds. The van der Waals surface area contributed by atoms with Gasteiger partial charge >= 0.3 is 0 Å². The summed E-state index contributed by atoms with van der Waals surface area (Å²) in [7, 11) is 0. The van der Waals surface area contributed by atoms with Gasteiger partial charge in [-0.1, -0.05) is 40.2 Å². The summed E-state index contributed by atoms with van der Waals surface area (Å²) in [6, 6.07) is 12.5. The fraction of sp³-hybridized carbons (Fsp3) is 0.188. The van der Waals surface area contributed by atoms with Crippen molar-refractivity contribution in [3.05, 3.63) is 69.4 Å². The molecule has 2 aromatic rings. The summed E-state index contributed by atoms with van der Waals surface area (Å²) >= 11 is 3.21. The molecule has 0 aromatic heterocycles. The highest BCUT2D eigenvalue weighted by Crippen LogP contribution is 2.38. The quantitative estimate of drug-likeness (QED) is 0.761. The van der Waals surface area contributed by atoms with E-state index in [2.05, 4.69) is 28.1 Å². The van der Waals surface area contributed by atoms with Gasteiger partial charge in [-0.05, 0) is 41.7 Å². The van der Waals surface area contributed by atoms with Crippen molar-refractivity contribution in [3.63, 3.8) is 0 Å². The van der Waals surface area contributed by atoms with Gasteiger partial charge in [0.05, 0.1) is 0 Å². The maximum atomic E-state index is 13.3. The van der Waals surface area contributed by atoms with Crippen LogP contribution in [-0.2, 0) is 6.42 Å². The molecule has 1 nitrogen and oxygen atoms in total. The number of carbonyl (C=O) groups is 1. The second kappa shape index (κ2) is 4.89. The third-order valence-electron chi connectivity index (χ3n) is 3.58. The van der Waals surface area contributed by atoms with Crippen LogP contribution >= 0.6 is 15.9 Å². The van der Waals surface area contributed by atoms with E-state index < -0.39 is 0 Å². The zero-order valence-corrected chi connectivity index (χ0v) is 11.8. The first-order valence-electron chi connectivity index (χ1n) is 6.20. The molecule has 1 aliphatic rings. The lowest BCUT2D eigenvalue weighted by Gasteiger charge is -2.29. The first-order valence-corrected chi connectivity index (χ1v) is 7.00. The molecule has 3 heteroatoms. The first kappa shape index (κ1) is 12.5. The lowest BCUT2D eigenvalue weighted by molar-refractivity contribution is 0.0970. The molecular formula is C16H12BrFO. The van der Waals surface area contributed by atoms with E-state index in [9.17, 15) is 9.18 Å². The summed E-state index contributed by atoms with van der Waals surface area (Å²) in [6.07, 6.45) is 1.39. The number of hydrogen-bond donors (Lipinski definition) is 0. The van der Waals surface area contributed by atoms with Crippen LogP contribution in [-0.4, -0.2) is 5.78 Å². The van der Waals surface area contributed by atoms with Gasteiger partial charge in [0.2, 0.25) is 0 Å². The zero-order chi connectivity index (χ0) is 13.4. The summed E-state index contributed by atoms with van der Waals surface area (Å²) in [6.45, 7) is 0. The van der Waals surface area contributed by atoms with Gasteiger partial charge in [0.15, 0.2) is 5.78 Å². The molecule has 0 bridgehead atoms. The van der Waals surface area contributed by atoms with Crippen molar-refractivity contribution in [2.45, 2.75) is 18.8 Å². The first-order chi connectivity index (χ1) is 9.13. The molecule has 0 saturated carbocycles. The van der Waals surface area contributed by atoms with Crippen molar-refractivity contribution in [1.82, 2.24) is 0 Å². The van der Waals surface area contributed by atoms with Crippen LogP contribution in [0.25, 0.3) is 0 Å². The van der Waals surface area contributed by atoms with Gasteiger partial charge in [-0.3, -0.25) is 4.79 Å². The van der Waals surface area contributed by atoms with Crippen LogP contribution in [0, 0.1) is 5.82 Å². The van der Waals surface area contributed by atoms with Crippen LogP contribution in [0.3, 0.4) is 0 Å². The molecule has 0 heterocycles. The smallest absolute Gasteiger partial charge is 0.163 e. The Morgan fingerprint density at radius 1 is 1.26 bits per heavy atom. The normalized spacial score (nSPS) is 16.6. The summed E-state index contributed by atoms with van der Waals surface area (Å²) in [5.41, 5.74) is 3.02. The fourth-order valence-electron chi connectivity index (χ4n) is 2.60. The molecule has 96 valence electrons. The fourth-order valence-corrected chi connectivity index (χ4v) is 3.07. The minimum Gasteiger partial charge on any atom is -0.294 e. The molecule has 3 rings (SSSR count). The van der Waals surface area contributed by atoms with Gasteiger partial charge in [-0.15, -0.1) is 0 Å². The Morgan fingerprint density at radius 3 is 2.79 bits per heavy atom. The van der Waals surface area contributed by atoms with Gasteiger partial charge in [-0.2, -0.15) is 0 Å². The maximum absolute atomic E-state index is 13.3. The number of Topliss-reactive ketones (excluding diaryl/α,β-unsaturated/α-hetero) is 1. The van der Waals surface area contributed by atoms with Crippen LogP contribution in [0.4, 0.5) is 4.39 Å². The van der Waals surface area contributed by atoms with E-state index >= 15 is 0 Å². The van der Waals surface area contributed by atoms with Crippen molar-refractivity contribution in [2.75, 3.05) is 0 Å². The van der Waals surface area contributed by atoms with Crippen molar-refractivity contribution < 1.29 is 9.18 Å². The monoisotopic (exact) mass is 318 g/mol. The van der Waals surface area contributed by atoms with E-state index in [-0.39, 0.29) is 17.5 Å². The van der Waals surface area contributed by atoms with Crippen molar-refractivity contribution >= 4 is 21.7 Å². The third-order valence-corrected chi connectivity index (χ3v) is 4.04. The molecule has 0 aliphatic heterocycles. The Hall–Kier alpha value is -1.48. The van der Waals surface area contributed by atoms with Gasteiger partial charge in [0.1, 0.15) is 5.82 Å². The van der Waals surface area contributed by atoms with E-state index in [1.165, 1.54) is 23.3 Å². The van der Waals surface area contributed by atoms with Gasteiger partial charge in [-0.25, -0.2) is 4.39 Å². The summed E-state index contributed by atoms with van der Waals surface area (Å²) in [4.78, 5) is 12.2. The predicted octanol–water partition coefficient (Wildman–Crippen LogP) is 4.50. The number of fused-ring (bicyclic) bond motifs is 1. The number of carbonyl (C=O) groups excluding carboxylic acids is 1. The van der Waals surface area contributed by atoms with E-state index in [4.69, 9.17) is 0 Å². The summed E-state index contributed by atoms with van der Waals surface area (Å²) in [5, 5.41) is 0. The number of hydrogen-bond acceptors (Lipinski definition) is 1. The Morgan fingerprint density at radius 2 is 2.05 bits per heavy atom. The van der Waals surface area contributed by atoms with Gasteiger partial charge < -0.3 is 0 Å². The minimum atomic E-state index is -0.383. The van der Waals surface area contributed by atoms with Crippen molar-refractivity contribution in [1.29, 1.82) is 0 Å². The molecule has 1 atom stereocenters. The number of ketones is 1. The highest BCUT2D eigenvalue weighted by Gasteiger charge is 2.27. The number of halogens is 2. The topological polar surface area (TPSA) is 17.1 Å². The molecule has 0 saturated heterocycles. The summed E-state index contributed by atoms with van der Waals surface area (Å²) in [5.74, 6) is -0.0998. The van der Waals surface area contributed by atoms with Crippen LogP contribution in [0.2, 0.25) is 0 Å². The number of rotatable bonds is 3. The Kier molecular flexibility index (Phi) is 3.23. The molecule has 0 radical (unpaired) electrons. The predicted molar refractivity (Wildman–Crippen MR) is 75.9 cm³/mol. The van der Waals surface area contributed by atoms with Gasteiger partial charge in [0.25, 0.3) is 0 Å². The molecule has 1 aliphatic carbocycles. The Bertz CT molecular complexity index is 631. The van der Waals surface area contributed by atoms with E-state index in [1.54, 1.807) is 6.07 Å². The average Bonchev–Trinajstić information content (AvgIpc) is 2.34. The molecule has 2 aromatic carbocycles. The molecule has 19 heavy (non-hydrogen) atoms. The van der Waals surface area contributed by atoms with Crippen LogP contribution < -0.4 is 0 Å². The average molecular weight is 319 g/mol. The van der Waals surface area contributed by atoms with E-state index in [0.29, 0.717) is 16.5 Å². The van der Waals surface area contributed by atoms with Crippen LogP contribution in [0.1, 0.15) is 33.8 Å². The number of benzene rings is 2. The SMILES string of the molecule is O=C(CC1Cc2ccccc21)c1cc(F)cc(Br)c1. The third kappa shape index (κ3) is 2.47. The van der Waals surface area contributed by atoms with Gasteiger partial charge in [0, 0.05) is 16.5 Å². The van der Waals surface area contributed by atoms with Crippen molar-refractivity contribution in [2.24, 2.45) is 0 Å². The largest absolute Gasteiger partial charge is 0.294 e. The molecule has 0 spiro atoms. The summed E-state index contributed by atoms with van der Waals surface area (Å²) < 4.78 is 13.9. The second-order valence-corrected chi connectivity index (χ2v) is 5.80. The molecule has 1 unspecified atom stereocenters. The zero-order valence-electron chi connectivity index (χ0n) is 10.2. The highest BCUT2D eigenvalue weighted by atomic mass is 79.9. The molecule has 0 N–H and O–H groups in total. The standard InChI is InChI=1S/C16H12BrFO/c17-13-6-12(7-14(18)9-13)16(19)8-11-5-10-3-1-2-4-15(10)11/h1-4,6-7,9,11H,5,8H2. The van der Waals surface area contributed by atoms with Crippen molar-refractivity contribution in [3.8, 4) is 0 Å². The van der Waals surface area contributed by atoms with E-state index in [0.717, 1.165) is 6.42 Å². The molecule has 0 fully saturated rings. The lowest BCUT2D eigenvalue weighted by atomic mass is 9.74. The van der Waals surface area contributed by atoms with Crippen LogP contribution in [0.5, 0.6) is 0 Å². The Balaban J connectivity index is 1.77. The molecular weight excluding hydrogens is 307 g/mol. The highest BCUT2D eigenvalue weighted by molar-refractivity contribution is 9.10. The van der Waals surface area contributed by atoms with Crippen LogP contribution in [0.15, 0.2) is 46.9 Å².